The van der Waals surface area contributed by atoms with Crippen LogP contribution < -0.4 is 4.74 Å². The summed E-state index contributed by atoms with van der Waals surface area (Å²) in [4.78, 5) is 10.8. The van der Waals surface area contributed by atoms with Gasteiger partial charge in [0.15, 0.2) is 0 Å². The number of carboxylic acids is 1. The van der Waals surface area contributed by atoms with Crippen molar-refractivity contribution in [2.45, 2.75) is 6.42 Å². The topological polar surface area (TPSA) is 55.8 Å². The normalized spacial score (nSPS) is 10.1. The second-order valence-corrected chi connectivity index (χ2v) is 4.00. The van der Waals surface area contributed by atoms with Crippen LogP contribution in [0.15, 0.2) is 22.7 Å². The van der Waals surface area contributed by atoms with E-state index in [0.29, 0.717) is 23.4 Å². The van der Waals surface area contributed by atoms with Crippen molar-refractivity contribution in [3.63, 3.8) is 0 Å². The third-order valence-electron chi connectivity index (χ3n) is 1.93. The molecule has 0 heterocycles. The minimum Gasteiger partial charge on any atom is -0.493 e. The van der Waals surface area contributed by atoms with Crippen molar-refractivity contribution in [3.05, 3.63) is 28.2 Å². The summed E-state index contributed by atoms with van der Waals surface area (Å²) in [6, 6.07) is 4.89. The lowest BCUT2D eigenvalue weighted by molar-refractivity contribution is 0.0695. The van der Waals surface area contributed by atoms with E-state index in [1.54, 1.807) is 19.2 Å². The van der Waals surface area contributed by atoms with Gasteiger partial charge in [0.05, 0.1) is 12.2 Å². The first-order chi connectivity index (χ1) is 7.65. The van der Waals surface area contributed by atoms with Crippen molar-refractivity contribution < 1.29 is 19.4 Å². The lowest BCUT2D eigenvalue weighted by Gasteiger charge is -2.07. The fourth-order valence-corrected chi connectivity index (χ4v) is 1.57. The molecule has 5 heteroatoms. The van der Waals surface area contributed by atoms with E-state index >= 15 is 0 Å². The standard InChI is InChI=1S/C11H13BrO4/c1-15-5-2-6-16-8-3-4-10(12)9(7-8)11(13)14/h3-4,7H,2,5-6H2,1H3,(H,13,14). The van der Waals surface area contributed by atoms with E-state index in [9.17, 15) is 4.79 Å². The zero-order valence-electron chi connectivity index (χ0n) is 8.90. The Hall–Kier alpha value is -1.07. The molecule has 0 atom stereocenters. The number of benzene rings is 1. The molecule has 0 aromatic heterocycles. The summed E-state index contributed by atoms with van der Waals surface area (Å²) >= 11 is 3.17. The van der Waals surface area contributed by atoms with E-state index in [2.05, 4.69) is 15.9 Å². The molecule has 0 spiro atoms. The lowest BCUT2D eigenvalue weighted by atomic mass is 10.2. The Morgan fingerprint density at radius 3 is 2.81 bits per heavy atom. The van der Waals surface area contributed by atoms with Gasteiger partial charge in [-0.25, -0.2) is 4.79 Å². The van der Waals surface area contributed by atoms with Crippen LogP contribution in [0.3, 0.4) is 0 Å². The first kappa shape index (κ1) is 13.0. The third-order valence-corrected chi connectivity index (χ3v) is 2.62. The van der Waals surface area contributed by atoms with Gasteiger partial charge in [-0.1, -0.05) is 0 Å². The van der Waals surface area contributed by atoms with E-state index < -0.39 is 5.97 Å². The first-order valence-electron chi connectivity index (χ1n) is 4.79. The number of aromatic carboxylic acids is 1. The van der Waals surface area contributed by atoms with E-state index in [-0.39, 0.29) is 5.56 Å². The fraction of sp³-hybridized carbons (Fsp3) is 0.364. The summed E-state index contributed by atoms with van der Waals surface area (Å²) in [5.41, 5.74) is 0.198. The highest BCUT2D eigenvalue weighted by molar-refractivity contribution is 9.10. The zero-order valence-corrected chi connectivity index (χ0v) is 10.5. The summed E-state index contributed by atoms with van der Waals surface area (Å²) in [6.45, 7) is 1.14. The second kappa shape index (κ2) is 6.50. The highest BCUT2D eigenvalue weighted by Gasteiger charge is 2.09. The van der Waals surface area contributed by atoms with Crippen molar-refractivity contribution in [2.75, 3.05) is 20.3 Å². The van der Waals surface area contributed by atoms with Crippen molar-refractivity contribution >= 4 is 21.9 Å². The zero-order chi connectivity index (χ0) is 12.0. The maximum atomic E-state index is 10.8. The summed E-state index contributed by atoms with van der Waals surface area (Å²) in [5, 5.41) is 8.89. The summed E-state index contributed by atoms with van der Waals surface area (Å²) in [6.07, 6.45) is 0.773. The molecule has 0 aliphatic rings. The molecular weight excluding hydrogens is 276 g/mol. The number of hydrogen-bond acceptors (Lipinski definition) is 3. The van der Waals surface area contributed by atoms with E-state index in [4.69, 9.17) is 14.6 Å². The van der Waals surface area contributed by atoms with Crippen LogP contribution in [0, 0.1) is 0 Å². The molecule has 4 nitrogen and oxygen atoms in total. The molecule has 0 saturated carbocycles. The number of halogens is 1. The molecule has 0 saturated heterocycles. The van der Waals surface area contributed by atoms with Crippen LogP contribution in [-0.2, 0) is 4.74 Å². The second-order valence-electron chi connectivity index (χ2n) is 3.14. The highest BCUT2D eigenvalue weighted by Crippen LogP contribution is 2.22. The number of carboxylic acid groups (broad SMARTS) is 1. The predicted octanol–water partition coefficient (Wildman–Crippen LogP) is 2.56. The summed E-state index contributed by atoms with van der Waals surface area (Å²) < 4.78 is 10.8. The Kier molecular flexibility index (Phi) is 5.28. The van der Waals surface area contributed by atoms with Gasteiger partial charge in [0, 0.05) is 24.6 Å². The Morgan fingerprint density at radius 2 is 2.19 bits per heavy atom. The summed E-state index contributed by atoms with van der Waals surface area (Å²) in [7, 11) is 1.63. The van der Waals surface area contributed by atoms with Crippen LogP contribution in [0.25, 0.3) is 0 Å². The van der Waals surface area contributed by atoms with Gasteiger partial charge in [-0.3, -0.25) is 0 Å². The largest absolute Gasteiger partial charge is 0.493 e. The van der Waals surface area contributed by atoms with Crippen molar-refractivity contribution in [1.29, 1.82) is 0 Å². The van der Waals surface area contributed by atoms with Crippen LogP contribution in [-0.4, -0.2) is 31.4 Å². The van der Waals surface area contributed by atoms with Gasteiger partial charge in [0.2, 0.25) is 0 Å². The predicted molar refractivity (Wildman–Crippen MR) is 63.1 cm³/mol. The van der Waals surface area contributed by atoms with Crippen LogP contribution >= 0.6 is 15.9 Å². The van der Waals surface area contributed by atoms with Gasteiger partial charge in [-0.05, 0) is 34.1 Å². The Bertz CT molecular complexity index is 365. The van der Waals surface area contributed by atoms with Gasteiger partial charge in [0.1, 0.15) is 5.75 Å². The average molecular weight is 289 g/mol. The third kappa shape index (κ3) is 3.83. The van der Waals surface area contributed by atoms with E-state index in [1.165, 1.54) is 6.07 Å². The van der Waals surface area contributed by atoms with Crippen molar-refractivity contribution in [1.82, 2.24) is 0 Å². The Morgan fingerprint density at radius 1 is 1.44 bits per heavy atom. The monoisotopic (exact) mass is 288 g/mol. The van der Waals surface area contributed by atoms with Crippen LogP contribution in [0.1, 0.15) is 16.8 Å². The highest BCUT2D eigenvalue weighted by atomic mass is 79.9. The molecule has 0 aliphatic heterocycles. The average Bonchev–Trinajstić information content (AvgIpc) is 2.26. The molecule has 88 valence electrons. The molecule has 1 rings (SSSR count). The number of hydrogen-bond donors (Lipinski definition) is 1. The Labute approximate surface area is 102 Å². The number of carbonyl (C=O) groups is 1. The van der Waals surface area contributed by atoms with E-state index in [1.807, 2.05) is 0 Å². The van der Waals surface area contributed by atoms with Gasteiger partial charge in [-0.2, -0.15) is 0 Å². The van der Waals surface area contributed by atoms with Crippen molar-refractivity contribution in [2.24, 2.45) is 0 Å². The van der Waals surface area contributed by atoms with Gasteiger partial charge in [-0.15, -0.1) is 0 Å². The first-order valence-corrected chi connectivity index (χ1v) is 5.59. The quantitative estimate of drug-likeness (QED) is 0.818. The minimum absolute atomic E-state index is 0.198. The summed E-state index contributed by atoms with van der Waals surface area (Å²) in [5.74, 6) is -0.425. The van der Waals surface area contributed by atoms with Crippen LogP contribution in [0.2, 0.25) is 0 Å². The molecule has 0 bridgehead atoms. The molecule has 0 aliphatic carbocycles. The molecule has 1 aromatic rings. The molecule has 0 fully saturated rings. The van der Waals surface area contributed by atoms with Crippen LogP contribution in [0.4, 0.5) is 0 Å². The molecule has 16 heavy (non-hydrogen) atoms. The van der Waals surface area contributed by atoms with Crippen LogP contribution in [0.5, 0.6) is 5.75 Å². The van der Waals surface area contributed by atoms with Gasteiger partial charge in [0.25, 0.3) is 0 Å². The van der Waals surface area contributed by atoms with Gasteiger partial charge >= 0.3 is 5.97 Å². The maximum absolute atomic E-state index is 10.8. The fourth-order valence-electron chi connectivity index (χ4n) is 1.15. The maximum Gasteiger partial charge on any atom is 0.336 e. The molecular formula is C11H13BrO4. The molecule has 0 unspecified atom stereocenters. The molecule has 1 aromatic carbocycles. The number of rotatable bonds is 6. The lowest BCUT2D eigenvalue weighted by Crippen LogP contribution is -2.03. The SMILES string of the molecule is COCCCOc1ccc(Br)c(C(=O)O)c1. The molecule has 1 N–H and O–H groups in total. The number of methoxy groups -OCH3 is 1. The Balaban J connectivity index is 2.61. The number of ether oxygens (including phenoxy) is 2. The molecule has 0 amide bonds. The molecule has 0 radical (unpaired) electrons. The minimum atomic E-state index is -0.978. The van der Waals surface area contributed by atoms with Gasteiger partial charge < -0.3 is 14.6 Å². The van der Waals surface area contributed by atoms with Crippen molar-refractivity contribution in [3.8, 4) is 5.75 Å². The smallest absolute Gasteiger partial charge is 0.336 e. The van der Waals surface area contributed by atoms with E-state index in [0.717, 1.165) is 6.42 Å².